The predicted octanol–water partition coefficient (Wildman–Crippen LogP) is 0.357. The van der Waals surface area contributed by atoms with Gasteiger partial charge in [-0.3, -0.25) is 4.79 Å². The van der Waals surface area contributed by atoms with E-state index in [1.165, 1.54) is 0 Å². The molecule has 0 unspecified atom stereocenters. The van der Waals surface area contributed by atoms with Crippen LogP contribution in [0.25, 0.3) is 0 Å². The Kier molecular flexibility index (Phi) is 2.21. The zero-order valence-electron chi connectivity index (χ0n) is 7.46. The fourth-order valence-corrected chi connectivity index (χ4v) is 0.666. The smallest absolute Gasteiger partial charge is 0.181 e. The summed E-state index contributed by atoms with van der Waals surface area (Å²) in [5.41, 5.74) is -0.333. The summed E-state index contributed by atoms with van der Waals surface area (Å²) < 4.78 is 0. The maximum Gasteiger partial charge on any atom is 0.181 e. The minimum Gasteiger partial charge on any atom is -0.299 e. The fraction of sp³-hybridized carbons (Fsp3) is 0.714. The molecule has 0 atom stereocenters. The Labute approximate surface area is 70.6 Å². The van der Waals surface area contributed by atoms with Crippen LogP contribution in [-0.2, 0) is 11.2 Å². The van der Waals surface area contributed by atoms with Crippen LogP contribution in [0.2, 0.25) is 0 Å². The van der Waals surface area contributed by atoms with Crippen molar-refractivity contribution >= 4 is 5.78 Å². The van der Waals surface area contributed by atoms with Crippen LogP contribution in [0.3, 0.4) is 0 Å². The second kappa shape index (κ2) is 3.00. The van der Waals surface area contributed by atoms with Gasteiger partial charge >= 0.3 is 0 Å². The van der Waals surface area contributed by atoms with E-state index < -0.39 is 0 Å². The average molecular weight is 168 g/mol. The topological polar surface area (TPSA) is 71.5 Å². The number of nitrogens with one attached hydrogen (secondary N) is 1. The second-order valence-electron chi connectivity index (χ2n) is 3.68. The van der Waals surface area contributed by atoms with E-state index in [1.54, 1.807) is 0 Å². The largest absolute Gasteiger partial charge is 0.299 e. The van der Waals surface area contributed by atoms with Crippen LogP contribution in [0.5, 0.6) is 0 Å². The molecule has 1 aromatic heterocycles. The van der Waals surface area contributed by atoms with Gasteiger partial charge in [-0.2, -0.15) is 5.21 Å². The highest BCUT2D eigenvalue weighted by molar-refractivity contribution is 5.84. The highest BCUT2D eigenvalue weighted by atomic mass is 16.1. The summed E-state index contributed by atoms with van der Waals surface area (Å²) in [7, 11) is 0. The first-order valence-electron chi connectivity index (χ1n) is 3.76. The molecule has 0 spiro atoms. The highest BCUT2D eigenvalue weighted by Gasteiger charge is 2.22. The number of carbonyl (C=O) groups excluding carboxylic acids is 1. The van der Waals surface area contributed by atoms with Crippen molar-refractivity contribution < 1.29 is 4.79 Å². The third-order valence-corrected chi connectivity index (χ3v) is 1.54. The molecule has 1 N–H and O–H groups in total. The predicted molar refractivity (Wildman–Crippen MR) is 42.3 cm³/mol. The highest BCUT2D eigenvalue weighted by Crippen LogP contribution is 2.15. The van der Waals surface area contributed by atoms with Gasteiger partial charge in [-0.1, -0.05) is 26.0 Å². The average Bonchev–Trinajstić information content (AvgIpc) is 2.37. The number of carbonyl (C=O) groups is 1. The quantitative estimate of drug-likeness (QED) is 0.692. The molecule has 0 aliphatic heterocycles. The van der Waals surface area contributed by atoms with Crippen LogP contribution < -0.4 is 0 Å². The SMILES string of the molecule is CC(C)(C)C(=O)Cc1nn[nH]n1. The van der Waals surface area contributed by atoms with Crippen molar-refractivity contribution in [2.45, 2.75) is 27.2 Å². The fourth-order valence-electron chi connectivity index (χ4n) is 0.666. The van der Waals surface area contributed by atoms with E-state index in [-0.39, 0.29) is 17.6 Å². The van der Waals surface area contributed by atoms with Gasteiger partial charge in [-0.05, 0) is 0 Å². The molecule has 0 aromatic carbocycles. The lowest BCUT2D eigenvalue weighted by Gasteiger charge is -2.14. The molecular formula is C7H12N4O. The van der Waals surface area contributed by atoms with Gasteiger partial charge in [-0.25, -0.2) is 0 Å². The lowest BCUT2D eigenvalue weighted by molar-refractivity contribution is -0.125. The van der Waals surface area contributed by atoms with Crippen LogP contribution in [0.4, 0.5) is 0 Å². The summed E-state index contributed by atoms with van der Waals surface area (Å²) >= 11 is 0. The number of tetrazole rings is 1. The van der Waals surface area contributed by atoms with Gasteiger partial charge in [0.1, 0.15) is 5.78 Å². The third kappa shape index (κ3) is 2.11. The minimum absolute atomic E-state index is 0.115. The Balaban J connectivity index is 2.60. The minimum atomic E-state index is -0.333. The molecule has 0 saturated carbocycles. The van der Waals surface area contributed by atoms with Crippen molar-refractivity contribution in [3.8, 4) is 0 Å². The first-order chi connectivity index (χ1) is 5.50. The number of ketones is 1. The summed E-state index contributed by atoms with van der Waals surface area (Å²) in [5.74, 6) is 0.568. The molecule has 1 rings (SSSR count). The summed E-state index contributed by atoms with van der Waals surface area (Å²) in [6.07, 6.45) is 0.250. The number of H-pyrrole nitrogens is 1. The summed E-state index contributed by atoms with van der Waals surface area (Å²) in [6.45, 7) is 5.61. The van der Waals surface area contributed by atoms with Crippen molar-refractivity contribution in [2.75, 3.05) is 0 Å². The van der Waals surface area contributed by atoms with Crippen LogP contribution in [0, 0.1) is 5.41 Å². The normalized spacial score (nSPS) is 11.6. The van der Waals surface area contributed by atoms with E-state index in [1.807, 2.05) is 20.8 Å². The molecule has 1 heterocycles. The lowest BCUT2D eigenvalue weighted by Crippen LogP contribution is -2.22. The number of aromatic nitrogens is 4. The molecule has 0 radical (unpaired) electrons. The third-order valence-electron chi connectivity index (χ3n) is 1.54. The molecule has 0 amide bonds. The second-order valence-corrected chi connectivity index (χ2v) is 3.68. The van der Waals surface area contributed by atoms with Gasteiger partial charge < -0.3 is 0 Å². The monoisotopic (exact) mass is 168 g/mol. The maximum absolute atomic E-state index is 11.4. The Bertz CT molecular complexity index is 259. The van der Waals surface area contributed by atoms with Gasteiger partial charge in [-0.15, -0.1) is 10.2 Å². The van der Waals surface area contributed by atoms with Crippen molar-refractivity contribution in [2.24, 2.45) is 5.41 Å². The molecule has 0 aliphatic rings. The number of hydrogen-bond donors (Lipinski definition) is 1. The summed E-state index contributed by atoms with van der Waals surface area (Å²) in [6, 6.07) is 0. The zero-order chi connectivity index (χ0) is 9.19. The van der Waals surface area contributed by atoms with Crippen molar-refractivity contribution in [3.05, 3.63) is 5.82 Å². The van der Waals surface area contributed by atoms with Crippen molar-refractivity contribution in [1.82, 2.24) is 20.6 Å². The molecule has 5 heteroatoms. The Morgan fingerprint density at radius 3 is 2.58 bits per heavy atom. The summed E-state index contributed by atoms with van der Waals surface area (Å²) in [4.78, 5) is 11.4. The van der Waals surface area contributed by atoms with Crippen LogP contribution in [0.1, 0.15) is 26.6 Å². The Morgan fingerprint density at radius 1 is 1.50 bits per heavy atom. The molecule has 1 aromatic rings. The Hall–Kier alpha value is -1.26. The van der Waals surface area contributed by atoms with Gasteiger partial charge in [0, 0.05) is 5.41 Å². The number of Topliss-reactive ketones (excluding diaryl/α,β-unsaturated/α-hetero) is 1. The van der Waals surface area contributed by atoms with E-state index in [9.17, 15) is 4.79 Å². The van der Waals surface area contributed by atoms with Crippen molar-refractivity contribution in [1.29, 1.82) is 0 Å². The van der Waals surface area contributed by atoms with E-state index in [0.717, 1.165) is 0 Å². The lowest BCUT2D eigenvalue weighted by atomic mass is 9.89. The molecule has 5 nitrogen and oxygen atoms in total. The van der Waals surface area contributed by atoms with Crippen LogP contribution in [-0.4, -0.2) is 26.4 Å². The standard InChI is InChI=1S/C7H12N4O/c1-7(2,3)5(12)4-6-8-10-11-9-6/h4H2,1-3H3,(H,8,9,10,11). The number of hydrogen-bond acceptors (Lipinski definition) is 4. The molecular weight excluding hydrogens is 156 g/mol. The van der Waals surface area contributed by atoms with Gasteiger partial charge in [0.05, 0.1) is 6.42 Å². The maximum atomic E-state index is 11.4. The molecule has 0 fully saturated rings. The first-order valence-corrected chi connectivity index (χ1v) is 3.76. The Morgan fingerprint density at radius 2 is 2.17 bits per heavy atom. The molecule has 12 heavy (non-hydrogen) atoms. The van der Waals surface area contributed by atoms with Crippen LogP contribution >= 0.6 is 0 Å². The van der Waals surface area contributed by atoms with Gasteiger partial charge in [0.2, 0.25) is 0 Å². The van der Waals surface area contributed by atoms with Crippen molar-refractivity contribution in [3.63, 3.8) is 0 Å². The van der Waals surface area contributed by atoms with E-state index in [0.29, 0.717) is 5.82 Å². The molecule has 0 bridgehead atoms. The number of aromatic amines is 1. The summed E-state index contributed by atoms with van der Waals surface area (Å²) in [5, 5.41) is 13.1. The van der Waals surface area contributed by atoms with Gasteiger partial charge in [0.25, 0.3) is 0 Å². The van der Waals surface area contributed by atoms with E-state index >= 15 is 0 Å². The molecule has 66 valence electrons. The number of rotatable bonds is 2. The van der Waals surface area contributed by atoms with Crippen LogP contribution in [0.15, 0.2) is 0 Å². The first kappa shape index (κ1) is 8.83. The zero-order valence-corrected chi connectivity index (χ0v) is 7.46. The number of nitrogens with zero attached hydrogens (tertiary/aromatic N) is 3. The molecule has 0 aliphatic carbocycles. The van der Waals surface area contributed by atoms with Gasteiger partial charge in [0.15, 0.2) is 5.82 Å². The van der Waals surface area contributed by atoms with E-state index in [2.05, 4.69) is 20.6 Å². The molecule has 0 saturated heterocycles. The van der Waals surface area contributed by atoms with E-state index in [4.69, 9.17) is 0 Å².